The van der Waals surface area contributed by atoms with Crippen molar-refractivity contribution in [1.82, 2.24) is 0 Å². The molecule has 0 aliphatic rings. The van der Waals surface area contributed by atoms with E-state index in [4.69, 9.17) is 5.11 Å². The van der Waals surface area contributed by atoms with Gasteiger partial charge in [0.1, 0.15) is 0 Å². The van der Waals surface area contributed by atoms with E-state index in [9.17, 15) is 4.79 Å². The van der Waals surface area contributed by atoms with Gasteiger partial charge in [0, 0.05) is 6.42 Å². The summed E-state index contributed by atoms with van der Waals surface area (Å²) in [6, 6.07) is 0. The number of carboxylic acids is 1. The van der Waals surface area contributed by atoms with E-state index >= 15 is 0 Å². The minimum atomic E-state index is -0.655. The van der Waals surface area contributed by atoms with Gasteiger partial charge in [0.25, 0.3) is 0 Å². The number of aliphatic carboxylic acids is 1. The second-order valence-corrected chi connectivity index (χ2v) is 5.39. The number of rotatable bonds is 14. The number of carbonyl (C=O) groups is 1. The van der Waals surface area contributed by atoms with E-state index in [1.54, 1.807) is 0 Å². The summed E-state index contributed by atoms with van der Waals surface area (Å²) >= 11 is 0. The fourth-order valence-electron chi connectivity index (χ4n) is 2.29. The van der Waals surface area contributed by atoms with Crippen molar-refractivity contribution >= 4 is 23.0 Å². The topological polar surface area (TPSA) is 37.3 Å². The standard InChI is InChI=1S/C16H32O2.H2Se/c1-2-3-4-5-6-7-8-9-10-11-12-13-14-15-16(17)18;/h2-15H2,1H3,(H,17,18);1H2. The van der Waals surface area contributed by atoms with Gasteiger partial charge in [-0.3, -0.25) is 4.79 Å². The zero-order chi connectivity index (χ0) is 13.5. The van der Waals surface area contributed by atoms with Gasteiger partial charge in [-0.05, 0) is 6.42 Å². The van der Waals surface area contributed by atoms with Gasteiger partial charge in [-0.25, -0.2) is 0 Å². The summed E-state index contributed by atoms with van der Waals surface area (Å²) in [6.07, 6.45) is 17.3. The molecule has 0 aliphatic heterocycles. The third-order valence-corrected chi connectivity index (χ3v) is 3.49. The molecular formula is C16H34O2Se. The SMILES string of the molecule is CCCCCCCCCCCCCCCC(=O)O.[SeH2]. The summed E-state index contributed by atoms with van der Waals surface area (Å²) in [5.41, 5.74) is 0. The van der Waals surface area contributed by atoms with E-state index in [0.29, 0.717) is 6.42 Å². The molecule has 0 heterocycles. The van der Waals surface area contributed by atoms with Crippen LogP contribution in [0.2, 0.25) is 0 Å². The number of carboxylic acid groups (broad SMARTS) is 1. The van der Waals surface area contributed by atoms with E-state index in [1.165, 1.54) is 70.6 Å². The van der Waals surface area contributed by atoms with Crippen molar-refractivity contribution in [2.75, 3.05) is 0 Å². The van der Waals surface area contributed by atoms with Gasteiger partial charge in [0.15, 0.2) is 0 Å². The van der Waals surface area contributed by atoms with Crippen LogP contribution in [0.15, 0.2) is 0 Å². The molecule has 0 rings (SSSR count). The summed E-state index contributed by atoms with van der Waals surface area (Å²) in [5, 5.41) is 8.49. The second kappa shape index (κ2) is 18.0. The Balaban J connectivity index is 0. The molecule has 0 aromatic rings. The predicted octanol–water partition coefficient (Wildman–Crippen LogP) is 4.64. The van der Waals surface area contributed by atoms with Gasteiger partial charge < -0.3 is 5.11 Å². The van der Waals surface area contributed by atoms with Crippen LogP contribution in [0.4, 0.5) is 0 Å². The molecule has 0 saturated carbocycles. The van der Waals surface area contributed by atoms with Gasteiger partial charge in [-0.15, -0.1) is 0 Å². The molecule has 0 atom stereocenters. The summed E-state index contributed by atoms with van der Waals surface area (Å²) < 4.78 is 0. The average molecular weight is 337 g/mol. The van der Waals surface area contributed by atoms with Crippen LogP contribution in [0.3, 0.4) is 0 Å². The molecule has 0 aliphatic carbocycles. The molecule has 19 heavy (non-hydrogen) atoms. The molecule has 0 bridgehead atoms. The van der Waals surface area contributed by atoms with Crippen molar-refractivity contribution in [2.45, 2.75) is 96.8 Å². The number of hydrogen-bond donors (Lipinski definition) is 1. The van der Waals surface area contributed by atoms with Crippen molar-refractivity contribution in [1.29, 1.82) is 0 Å². The Hall–Kier alpha value is -0.0105. The molecule has 0 fully saturated rings. The summed E-state index contributed by atoms with van der Waals surface area (Å²) in [4.78, 5) is 10.3. The molecule has 116 valence electrons. The van der Waals surface area contributed by atoms with Gasteiger partial charge in [-0.1, -0.05) is 84.0 Å². The Kier molecular flexibility index (Phi) is 20.2. The van der Waals surface area contributed by atoms with Crippen LogP contribution >= 0.6 is 0 Å². The van der Waals surface area contributed by atoms with E-state index < -0.39 is 5.97 Å². The van der Waals surface area contributed by atoms with Crippen molar-refractivity contribution in [3.63, 3.8) is 0 Å². The first-order valence-electron chi connectivity index (χ1n) is 7.99. The Morgan fingerprint density at radius 3 is 1.32 bits per heavy atom. The van der Waals surface area contributed by atoms with Crippen LogP contribution in [0, 0.1) is 0 Å². The fraction of sp³-hybridized carbons (Fsp3) is 0.938. The van der Waals surface area contributed by atoms with Crippen LogP contribution in [0.25, 0.3) is 0 Å². The first kappa shape index (κ1) is 21.3. The molecule has 2 nitrogen and oxygen atoms in total. The Bertz CT molecular complexity index is 184. The molecule has 0 unspecified atom stereocenters. The third kappa shape index (κ3) is 20.5. The van der Waals surface area contributed by atoms with Crippen LogP contribution in [0.1, 0.15) is 96.8 Å². The fourth-order valence-corrected chi connectivity index (χ4v) is 2.29. The third-order valence-electron chi connectivity index (χ3n) is 3.49. The zero-order valence-corrected chi connectivity index (χ0v) is 14.9. The van der Waals surface area contributed by atoms with Gasteiger partial charge in [0.05, 0.1) is 0 Å². The molecule has 0 spiro atoms. The number of unbranched alkanes of at least 4 members (excludes halogenated alkanes) is 12. The van der Waals surface area contributed by atoms with E-state index in [-0.39, 0.29) is 17.1 Å². The first-order chi connectivity index (χ1) is 8.77. The van der Waals surface area contributed by atoms with Crippen LogP contribution < -0.4 is 0 Å². The van der Waals surface area contributed by atoms with Crippen molar-refractivity contribution < 1.29 is 9.90 Å². The first-order valence-corrected chi connectivity index (χ1v) is 7.99. The molecule has 0 radical (unpaired) electrons. The van der Waals surface area contributed by atoms with Crippen LogP contribution in [0.5, 0.6) is 0 Å². The second-order valence-electron chi connectivity index (χ2n) is 5.39. The van der Waals surface area contributed by atoms with Gasteiger partial charge >= 0.3 is 23.0 Å². The monoisotopic (exact) mass is 338 g/mol. The van der Waals surface area contributed by atoms with Gasteiger partial charge in [-0.2, -0.15) is 0 Å². The van der Waals surface area contributed by atoms with E-state index in [2.05, 4.69) is 6.92 Å². The molecule has 0 aromatic carbocycles. The normalized spacial score (nSPS) is 10.2. The summed E-state index contributed by atoms with van der Waals surface area (Å²) in [7, 11) is 0. The zero-order valence-electron chi connectivity index (χ0n) is 12.8. The molecule has 0 amide bonds. The van der Waals surface area contributed by atoms with Gasteiger partial charge in [0.2, 0.25) is 0 Å². The van der Waals surface area contributed by atoms with Crippen LogP contribution in [-0.4, -0.2) is 28.1 Å². The maximum atomic E-state index is 10.3. The molecule has 0 saturated heterocycles. The molecule has 1 N–H and O–H groups in total. The van der Waals surface area contributed by atoms with E-state index in [1.807, 2.05) is 0 Å². The Morgan fingerprint density at radius 2 is 1.00 bits per heavy atom. The number of hydrogen-bond acceptors (Lipinski definition) is 1. The predicted molar refractivity (Wildman–Crippen MR) is 86.5 cm³/mol. The maximum absolute atomic E-state index is 10.3. The van der Waals surface area contributed by atoms with Crippen molar-refractivity contribution in [2.24, 2.45) is 0 Å². The molecule has 3 heteroatoms. The minimum absolute atomic E-state index is 0. The quantitative estimate of drug-likeness (QED) is 0.370. The molecule has 0 aromatic heterocycles. The van der Waals surface area contributed by atoms with E-state index in [0.717, 1.165) is 12.8 Å². The van der Waals surface area contributed by atoms with Crippen molar-refractivity contribution in [3.05, 3.63) is 0 Å². The Labute approximate surface area is 130 Å². The summed E-state index contributed by atoms with van der Waals surface area (Å²) in [5.74, 6) is -0.655. The molecular weight excluding hydrogens is 303 g/mol. The Morgan fingerprint density at radius 1 is 0.684 bits per heavy atom. The summed E-state index contributed by atoms with van der Waals surface area (Å²) in [6.45, 7) is 2.26. The van der Waals surface area contributed by atoms with Crippen molar-refractivity contribution in [3.8, 4) is 0 Å². The average Bonchev–Trinajstić information content (AvgIpc) is 2.34. The van der Waals surface area contributed by atoms with Crippen LogP contribution in [-0.2, 0) is 4.79 Å².